The Morgan fingerprint density at radius 3 is 2.88 bits per heavy atom. The predicted octanol–water partition coefficient (Wildman–Crippen LogP) is 3.68. The largest absolute Gasteiger partial charge is 0.504 e. The van der Waals surface area contributed by atoms with E-state index < -0.39 is 0 Å². The van der Waals surface area contributed by atoms with E-state index in [1.54, 1.807) is 7.11 Å². The molecule has 4 rings (SSSR count). The molecule has 0 heterocycles. The van der Waals surface area contributed by atoms with E-state index in [0.29, 0.717) is 42.3 Å². The van der Waals surface area contributed by atoms with Crippen molar-refractivity contribution in [3.63, 3.8) is 0 Å². The number of ether oxygens (including phenoxy) is 1. The molecule has 25 heavy (non-hydrogen) atoms. The Labute approximate surface area is 150 Å². The van der Waals surface area contributed by atoms with E-state index in [0.717, 1.165) is 24.9 Å². The van der Waals surface area contributed by atoms with E-state index in [-0.39, 0.29) is 11.2 Å². The van der Waals surface area contributed by atoms with Gasteiger partial charge in [0.05, 0.1) is 7.11 Å². The second-order valence-corrected chi connectivity index (χ2v) is 7.13. The van der Waals surface area contributed by atoms with Crippen molar-refractivity contribution >= 4 is 5.78 Å². The first-order valence-electron chi connectivity index (χ1n) is 9.38. The van der Waals surface area contributed by atoms with Gasteiger partial charge in [0.1, 0.15) is 5.78 Å². The molecule has 4 atom stereocenters. The molecule has 3 aliphatic carbocycles. The van der Waals surface area contributed by atoms with Crippen LogP contribution < -0.4 is 10.1 Å². The van der Waals surface area contributed by atoms with Crippen LogP contribution in [-0.2, 0) is 10.2 Å². The van der Waals surface area contributed by atoms with Crippen molar-refractivity contribution < 1.29 is 14.6 Å². The highest BCUT2D eigenvalue weighted by molar-refractivity contribution is 5.83. The number of methoxy groups -OCH3 is 1. The summed E-state index contributed by atoms with van der Waals surface area (Å²) in [6.07, 6.45) is 4.95. The van der Waals surface area contributed by atoms with Crippen molar-refractivity contribution in [3.8, 4) is 11.5 Å². The first kappa shape index (κ1) is 18.0. The lowest BCUT2D eigenvalue weighted by Gasteiger charge is -2.44. The van der Waals surface area contributed by atoms with Crippen LogP contribution in [0.3, 0.4) is 0 Å². The number of carbonyl (C=O) groups excluding carboxylic acids is 1. The molecule has 0 saturated heterocycles. The summed E-state index contributed by atoms with van der Waals surface area (Å²) in [6, 6.07) is 4.28. The average Bonchev–Trinajstić information content (AvgIpc) is 3.11. The van der Waals surface area contributed by atoms with E-state index in [9.17, 15) is 9.90 Å². The van der Waals surface area contributed by atoms with Gasteiger partial charge in [0, 0.05) is 42.3 Å². The maximum atomic E-state index is 12.2. The molecule has 2 fully saturated rings. The van der Waals surface area contributed by atoms with Crippen LogP contribution in [-0.4, -0.2) is 30.6 Å². The highest BCUT2D eigenvalue weighted by atomic mass is 16.5. The van der Waals surface area contributed by atoms with Crippen LogP contribution in [0.1, 0.15) is 56.6 Å². The Bertz CT molecular complexity index is 684. The molecule has 2 N–H and O–H groups in total. The summed E-state index contributed by atoms with van der Waals surface area (Å²) in [5.41, 5.74) is 1.96. The monoisotopic (exact) mass is 343 g/mol. The Kier molecular flexibility index (Phi) is 4.92. The summed E-state index contributed by atoms with van der Waals surface area (Å²) in [5, 5.41) is 14.4. The lowest BCUT2D eigenvalue weighted by atomic mass is 9.62. The number of hydrogen-bond acceptors (Lipinski definition) is 4. The molecule has 1 aromatic rings. The molecule has 0 radical (unpaired) electrons. The zero-order chi connectivity index (χ0) is 18.2. The number of aromatic hydroxyl groups is 1. The number of carbonyl (C=O) groups is 1. The molecule has 1 aromatic carbocycles. The Balaban J connectivity index is 0.000000880. The summed E-state index contributed by atoms with van der Waals surface area (Å²) in [5.74, 6) is 1.83. The number of nitrogens with one attached hydrogen (secondary N) is 1. The van der Waals surface area contributed by atoms with Crippen LogP contribution in [0.2, 0.25) is 0 Å². The zero-order valence-corrected chi connectivity index (χ0v) is 15.5. The van der Waals surface area contributed by atoms with Crippen LogP contribution in [0.25, 0.3) is 0 Å². The fourth-order valence-corrected chi connectivity index (χ4v) is 5.48. The third-order valence-electron chi connectivity index (χ3n) is 6.20. The first-order valence-corrected chi connectivity index (χ1v) is 9.38. The number of Topliss-reactive ketones (excluding diaryl/α,β-unsaturated/α-hetero) is 1. The lowest BCUT2D eigenvalue weighted by molar-refractivity contribution is -0.123. The quantitative estimate of drug-likeness (QED) is 0.819. The van der Waals surface area contributed by atoms with Gasteiger partial charge in [0.15, 0.2) is 11.5 Å². The highest BCUT2D eigenvalue weighted by Gasteiger charge is 2.63. The normalized spacial score (nSPS) is 31.6. The van der Waals surface area contributed by atoms with Crippen molar-refractivity contribution in [2.75, 3.05) is 13.7 Å². The van der Waals surface area contributed by atoms with Gasteiger partial charge in [0.25, 0.3) is 0 Å². The number of benzene rings is 1. The number of phenols is 1. The van der Waals surface area contributed by atoms with Gasteiger partial charge in [-0.25, -0.2) is 0 Å². The number of fused-ring (bicyclic) bond motifs is 3. The van der Waals surface area contributed by atoms with E-state index in [1.165, 1.54) is 5.56 Å². The maximum Gasteiger partial charge on any atom is 0.161 e. The predicted molar refractivity (Wildman–Crippen MR) is 99.4 cm³/mol. The topological polar surface area (TPSA) is 58.6 Å². The Hall–Kier alpha value is -1.81. The fourth-order valence-electron chi connectivity index (χ4n) is 5.48. The molecule has 2 saturated carbocycles. The standard InChI is InChI=1S/C19H23NO3.C2H6/c1-3-8-20-17-13-10-19(9-11(21)4-6-14(17)19)16-12(13)5-7-15(23-2)18(16)22;1-2/h3,5,7,13-14,17,20,22H,1,4,6,8-10H2,2H3;1-2H3/t13?,14?,17?,19-;/m0./s1. The molecule has 0 aliphatic heterocycles. The van der Waals surface area contributed by atoms with E-state index in [2.05, 4.69) is 18.0 Å². The molecule has 4 nitrogen and oxygen atoms in total. The smallest absolute Gasteiger partial charge is 0.161 e. The minimum atomic E-state index is -0.215. The van der Waals surface area contributed by atoms with Crippen LogP contribution >= 0.6 is 0 Å². The summed E-state index contributed by atoms with van der Waals surface area (Å²) in [6.45, 7) is 8.58. The van der Waals surface area contributed by atoms with Crippen molar-refractivity contribution in [2.24, 2.45) is 5.92 Å². The molecular weight excluding hydrogens is 314 g/mol. The Morgan fingerprint density at radius 2 is 2.20 bits per heavy atom. The molecule has 1 spiro atoms. The van der Waals surface area contributed by atoms with Gasteiger partial charge < -0.3 is 15.2 Å². The molecular formula is C21H29NO3. The molecule has 0 aromatic heterocycles. The lowest BCUT2D eigenvalue weighted by Crippen LogP contribution is -2.48. The fraction of sp³-hybridized carbons (Fsp3) is 0.571. The second-order valence-electron chi connectivity index (χ2n) is 7.13. The van der Waals surface area contributed by atoms with Crippen molar-refractivity contribution in [1.82, 2.24) is 5.32 Å². The third-order valence-corrected chi connectivity index (χ3v) is 6.20. The van der Waals surface area contributed by atoms with Crippen LogP contribution in [0.4, 0.5) is 0 Å². The Morgan fingerprint density at radius 1 is 1.44 bits per heavy atom. The molecule has 4 heteroatoms. The van der Waals surface area contributed by atoms with E-state index >= 15 is 0 Å². The average molecular weight is 343 g/mol. The van der Waals surface area contributed by atoms with Crippen LogP contribution in [0.15, 0.2) is 24.8 Å². The number of ketones is 1. The molecule has 3 unspecified atom stereocenters. The van der Waals surface area contributed by atoms with Crippen molar-refractivity contribution in [1.29, 1.82) is 0 Å². The van der Waals surface area contributed by atoms with E-state index in [1.807, 2.05) is 26.0 Å². The summed E-state index contributed by atoms with van der Waals surface area (Å²) >= 11 is 0. The number of rotatable bonds is 4. The van der Waals surface area contributed by atoms with Gasteiger partial charge in [0.2, 0.25) is 0 Å². The highest BCUT2D eigenvalue weighted by Crippen LogP contribution is 2.67. The minimum Gasteiger partial charge on any atom is -0.504 e. The van der Waals surface area contributed by atoms with Crippen molar-refractivity contribution in [3.05, 3.63) is 35.9 Å². The zero-order valence-electron chi connectivity index (χ0n) is 15.5. The summed E-state index contributed by atoms with van der Waals surface area (Å²) in [7, 11) is 1.57. The van der Waals surface area contributed by atoms with Gasteiger partial charge in [-0.15, -0.1) is 6.58 Å². The summed E-state index contributed by atoms with van der Waals surface area (Å²) < 4.78 is 5.31. The van der Waals surface area contributed by atoms with Crippen molar-refractivity contribution in [2.45, 2.75) is 56.9 Å². The van der Waals surface area contributed by atoms with Gasteiger partial charge in [-0.05, 0) is 30.4 Å². The number of hydrogen-bond donors (Lipinski definition) is 2. The van der Waals surface area contributed by atoms with Crippen LogP contribution in [0, 0.1) is 5.92 Å². The van der Waals surface area contributed by atoms with Gasteiger partial charge >= 0.3 is 0 Å². The second kappa shape index (κ2) is 6.83. The van der Waals surface area contributed by atoms with Gasteiger partial charge in [-0.2, -0.15) is 0 Å². The number of phenolic OH excluding ortho intramolecular Hbond substituents is 1. The van der Waals surface area contributed by atoms with E-state index in [4.69, 9.17) is 4.74 Å². The van der Waals surface area contributed by atoms with Crippen LogP contribution in [0.5, 0.6) is 11.5 Å². The maximum absolute atomic E-state index is 12.2. The molecule has 136 valence electrons. The molecule has 2 bridgehead atoms. The minimum absolute atomic E-state index is 0.215. The molecule has 3 aliphatic rings. The molecule has 0 amide bonds. The third kappa shape index (κ3) is 2.50. The van der Waals surface area contributed by atoms with Gasteiger partial charge in [-0.1, -0.05) is 26.0 Å². The van der Waals surface area contributed by atoms with Gasteiger partial charge in [-0.3, -0.25) is 4.79 Å². The summed E-state index contributed by atoms with van der Waals surface area (Å²) in [4.78, 5) is 12.2. The first-order chi connectivity index (χ1) is 12.1. The SMILES string of the molecule is C=CCNC1C2C[C@]3(CC(=O)CCC13)c1c2ccc(OC)c1O.CC.